The topological polar surface area (TPSA) is 82.9 Å². The maximum Gasteiger partial charge on any atom is 0.291 e. The molecule has 0 aliphatic heterocycles. The normalized spacial score (nSPS) is 11.8. The Labute approximate surface area is 181 Å². The summed E-state index contributed by atoms with van der Waals surface area (Å²) < 4.78 is 46.8. The van der Waals surface area contributed by atoms with E-state index >= 15 is 0 Å². The number of anilines is 2. The van der Waals surface area contributed by atoms with Gasteiger partial charge in [0.05, 0.1) is 16.3 Å². The Bertz CT molecular complexity index is 1230. The molecule has 0 radical (unpaired) electrons. The largest absolute Gasteiger partial charge is 0.448 e. The third-order valence-corrected chi connectivity index (χ3v) is 7.21. The van der Waals surface area contributed by atoms with Crippen LogP contribution in [0.15, 0.2) is 45.7 Å². The highest BCUT2D eigenvalue weighted by Gasteiger charge is 2.25. The first kappa shape index (κ1) is 22.8. The van der Waals surface area contributed by atoms with E-state index in [-0.39, 0.29) is 16.2 Å². The first-order valence-electron chi connectivity index (χ1n) is 9.92. The summed E-state index contributed by atoms with van der Waals surface area (Å²) in [5, 5.41) is 3.25. The number of para-hydroxylation sites is 1. The Balaban J connectivity index is 2.05. The smallest absolute Gasteiger partial charge is 0.291 e. The third-order valence-electron chi connectivity index (χ3n) is 5.16. The molecule has 0 saturated carbocycles. The predicted molar refractivity (Wildman–Crippen MR) is 120 cm³/mol. The van der Waals surface area contributed by atoms with Gasteiger partial charge in [0, 0.05) is 38.1 Å². The van der Waals surface area contributed by atoms with Crippen LogP contribution >= 0.6 is 0 Å². The monoisotopic (exact) mass is 447 g/mol. The van der Waals surface area contributed by atoms with Gasteiger partial charge in [-0.05, 0) is 31.2 Å². The number of fused-ring (bicyclic) bond motifs is 1. The van der Waals surface area contributed by atoms with E-state index in [0.29, 0.717) is 35.4 Å². The van der Waals surface area contributed by atoms with E-state index in [2.05, 4.69) is 5.32 Å². The average molecular weight is 448 g/mol. The Morgan fingerprint density at radius 1 is 1.13 bits per heavy atom. The van der Waals surface area contributed by atoms with Gasteiger partial charge in [0.1, 0.15) is 0 Å². The van der Waals surface area contributed by atoms with Crippen molar-refractivity contribution in [2.24, 2.45) is 0 Å². The van der Waals surface area contributed by atoms with Gasteiger partial charge in [-0.2, -0.15) is 4.31 Å². The molecule has 0 fully saturated rings. The van der Waals surface area contributed by atoms with Crippen molar-refractivity contribution in [1.82, 2.24) is 4.31 Å². The van der Waals surface area contributed by atoms with E-state index < -0.39 is 21.7 Å². The molecule has 9 heteroatoms. The Kier molecular flexibility index (Phi) is 6.38. The van der Waals surface area contributed by atoms with Gasteiger partial charge >= 0.3 is 0 Å². The minimum atomic E-state index is -3.71. The van der Waals surface area contributed by atoms with E-state index in [4.69, 9.17) is 4.42 Å². The number of nitrogens with zero attached hydrogens (tertiary/aromatic N) is 2. The van der Waals surface area contributed by atoms with Crippen molar-refractivity contribution in [2.75, 3.05) is 37.4 Å². The highest BCUT2D eigenvalue weighted by molar-refractivity contribution is 7.89. The Morgan fingerprint density at radius 2 is 1.81 bits per heavy atom. The summed E-state index contributed by atoms with van der Waals surface area (Å²) in [6, 6.07) is 9.07. The van der Waals surface area contributed by atoms with Crippen molar-refractivity contribution in [3.8, 4) is 0 Å². The maximum atomic E-state index is 14.1. The van der Waals surface area contributed by atoms with Crippen LogP contribution in [0, 0.1) is 12.7 Å². The van der Waals surface area contributed by atoms with Gasteiger partial charge in [0.2, 0.25) is 10.0 Å². The van der Waals surface area contributed by atoms with Crippen LogP contribution in [0.25, 0.3) is 11.0 Å². The van der Waals surface area contributed by atoms with Gasteiger partial charge in [0.15, 0.2) is 17.2 Å². The van der Waals surface area contributed by atoms with Crippen molar-refractivity contribution < 1.29 is 22.0 Å². The molecule has 3 rings (SSSR count). The van der Waals surface area contributed by atoms with E-state index in [0.717, 1.165) is 0 Å². The lowest BCUT2D eigenvalue weighted by atomic mass is 10.1. The summed E-state index contributed by atoms with van der Waals surface area (Å²) in [6.07, 6.45) is 0. The molecule has 0 saturated heterocycles. The number of aryl methyl sites for hydroxylation is 1. The molecule has 2 aromatic carbocycles. The number of hydrogen-bond donors (Lipinski definition) is 1. The molecule has 1 amide bonds. The zero-order chi connectivity index (χ0) is 22.9. The molecular formula is C22H26FN3O4S. The zero-order valence-corrected chi connectivity index (χ0v) is 19.0. The van der Waals surface area contributed by atoms with Crippen molar-refractivity contribution in [3.63, 3.8) is 0 Å². The fraction of sp³-hybridized carbons (Fsp3) is 0.318. The summed E-state index contributed by atoms with van der Waals surface area (Å²) >= 11 is 0. The Morgan fingerprint density at radius 3 is 2.39 bits per heavy atom. The molecule has 1 N–H and O–H groups in total. The molecule has 0 unspecified atom stereocenters. The number of nitrogens with one attached hydrogen (secondary N) is 1. The number of amides is 1. The van der Waals surface area contributed by atoms with Crippen molar-refractivity contribution in [2.45, 2.75) is 25.7 Å². The lowest BCUT2D eigenvalue weighted by Crippen LogP contribution is -2.30. The van der Waals surface area contributed by atoms with Crippen LogP contribution in [0.3, 0.4) is 0 Å². The summed E-state index contributed by atoms with van der Waals surface area (Å²) in [6.45, 7) is 5.87. The standard InChI is InChI=1S/C22H26FN3O4S/c1-6-26(7-2)31(28,29)15-11-12-19(25(4)5)18(13-15)24-22(27)20-14(3)16-9-8-10-17(23)21(16)30-20/h8-13H,6-7H2,1-5H3,(H,24,27). The predicted octanol–water partition coefficient (Wildman–Crippen LogP) is 4.23. The molecule has 0 aliphatic carbocycles. The molecule has 3 aromatic rings. The molecule has 1 aromatic heterocycles. The zero-order valence-electron chi connectivity index (χ0n) is 18.2. The number of halogens is 1. The van der Waals surface area contributed by atoms with E-state index in [9.17, 15) is 17.6 Å². The van der Waals surface area contributed by atoms with Gasteiger partial charge in [-0.15, -0.1) is 0 Å². The summed E-state index contributed by atoms with van der Waals surface area (Å²) in [4.78, 5) is 14.8. The summed E-state index contributed by atoms with van der Waals surface area (Å²) in [7, 11) is -0.144. The van der Waals surface area contributed by atoms with E-state index in [1.165, 1.54) is 22.5 Å². The SMILES string of the molecule is CCN(CC)S(=O)(=O)c1ccc(N(C)C)c(NC(=O)c2oc3c(F)cccc3c2C)c1. The van der Waals surface area contributed by atoms with Crippen molar-refractivity contribution >= 4 is 38.3 Å². The van der Waals surface area contributed by atoms with Gasteiger partial charge < -0.3 is 14.6 Å². The molecule has 1 heterocycles. The molecule has 0 spiro atoms. The Hall–Kier alpha value is -2.91. The van der Waals surface area contributed by atoms with E-state index in [1.807, 2.05) is 0 Å². The highest BCUT2D eigenvalue weighted by Crippen LogP contribution is 2.32. The van der Waals surface area contributed by atoms with Crippen molar-refractivity contribution in [3.05, 3.63) is 53.5 Å². The summed E-state index contributed by atoms with van der Waals surface area (Å²) in [5.41, 5.74) is 1.44. The number of rotatable bonds is 7. The lowest BCUT2D eigenvalue weighted by molar-refractivity contribution is 0.0997. The highest BCUT2D eigenvalue weighted by atomic mass is 32.2. The molecule has 7 nitrogen and oxygen atoms in total. The van der Waals surface area contributed by atoms with Gasteiger partial charge in [0.25, 0.3) is 5.91 Å². The van der Waals surface area contributed by atoms with Crippen LogP contribution < -0.4 is 10.2 Å². The minimum Gasteiger partial charge on any atom is -0.448 e. The number of furan rings is 1. The van der Waals surface area contributed by atoms with Gasteiger partial charge in [-0.3, -0.25) is 4.79 Å². The van der Waals surface area contributed by atoms with Crippen LogP contribution in [-0.4, -0.2) is 45.8 Å². The maximum absolute atomic E-state index is 14.1. The first-order chi connectivity index (χ1) is 14.6. The quantitative estimate of drug-likeness (QED) is 0.586. The number of carbonyl (C=O) groups is 1. The molecule has 0 bridgehead atoms. The number of sulfonamides is 1. The van der Waals surface area contributed by atoms with Crippen LogP contribution in [0.1, 0.15) is 30.0 Å². The van der Waals surface area contributed by atoms with E-state index in [1.54, 1.807) is 58.0 Å². The van der Waals surface area contributed by atoms with Gasteiger partial charge in [-0.25, -0.2) is 12.8 Å². The lowest BCUT2D eigenvalue weighted by Gasteiger charge is -2.22. The van der Waals surface area contributed by atoms with Crippen LogP contribution in [-0.2, 0) is 10.0 Å². The second-order valence-electron chi connectivity index (χ2n) is 7.29. The number of benzene rings is 2. The number of carbonyl (C=O) groups excluding carboxylic acids is 1. The molecule has 0 aliphatic rings. The third kappa shape index (κ3) is 4.15. The second-order valence-corrected chi connectivity index (χ2v) is 9.23. The molecular weight excluding hydrogens is 421 g/mol. The average Bonchev–Trinajstić information content (AvgIpc) is 3.06. The van der Waals surface area contributed by atoms with Crippen LogP contribution in [0.2, 0.25) is 0 Å². The molecule has 166 valence electrons. The number of hydrogen-bond acceptors (Lipinski definition) is 5. The van der Waals surface area contributed by atoms with Crippen LogP contribution in [0.4, 0.5) is 15.8 Å². The van der Waals surface area contributed by atoms with Gasteiger partial charge in [-0.1, -0.05) is 26.0 Å². The fourth-order valence-corrected chi connectivity index (χ4v) is 4.97. The molecule has 0 atom stereocenters. The fourth-order valence-electron chi connectivity index (χ4n) is 3.48. The van der Waals surface area contributed by atoms with Crippen LogP contribution in [0.5, 0.6) is 0 Å². The first-order valence-corrected chi connectivity index (χ1v) is 11.4. The summed E-state index contributed by atoms with van der Waals surface area (Å²) in [5.74, 6) is -1.17. The second kappa shape index (κ2) is 8.68. The molecule has 31 heavy (non-hydrogen) atoms. The van der Waals surface area contributed by atoms with Crippen molar-refractivity contribution in [1.29, 1.82) is 0 Å². The minimum absolute atomic E-state index is 0.0100.